The van der Waals surface area contributed by atoms with Gasteiger partial charge in [0.15, 0.2) is 5.41 Å². The highest BCUT2D eigenvalue weighted by Crippen LogP contribution is 2.42. The van der Waals surface area contributed by atoms with Crippen LogP contribution in [0.25, 0.3) is 0 Å². The Kier molecular flexibility index (Phi) is 3.59. The molecule has 1 amide bonds. The largest absolute Gasteiger partial charge is 0.459 e. The van der Waals surface area contributed by atoms with E-state index in [1.165, 1.54) is 0 Å². The number of nitrogens with one attached hydrogen (secondary N) is 1. The number of hydrogen-bond donors (Lipinski definition) is 1. The Balaban J connectivity index is 2.50. The fourth-order valence-electron chi connectivity index (χ4n) is 2.61. The van der Waals surface area contributed by atoms with Gasteiger partial charge in [-0.3, -0.25) is 9.59 Å². The first-order valence-electron chi connectivity index (χ1n) is 6.95. The zero-order valence-corrected chi connectivity index (χ0v) is 12.4. The third-order valence-corrected chi connectivity index (χ3v) is 3.40. The predicted octanol–water partition coefficient (Wildman–Crippen LogP) is 3.02. The van der Waals surface area contributed by atoms with Crippen molar-refractivity contribution in [3.63, 3.8) is 0 Å². The van der Waals surface area contributed by atoms with Crippen molar-refractivity contribution in [3.05, 3.63) is 29.8 Å². The molecule has 0 spiro atoms. The Morgan fingerprint density at radius 2 is 1.95 bits per heavy atom. The van der Waals surface area contributed by atoms with Crippen LogP contribution in [0.3, 0.4) is 0 Å². The molecule has 1 heterocycles. The lowest BCUT2D eigenvalue weighted by molar-refractivity contribution is -0.164. The highest BCUT2D eigenvalue weighted by molar-refractivity contribution is 6.19. The summed E-state index contributed by atoms with van der Waals surface area (Å²) >= 11 is 0. The molecule has 1 aromatic carbocycles. The summed E-state index contributed by atoms with van der Waals surface area (Å²) in [5.74, 6) is -0.746. The van der Waals surface area contributed by atoms with E-state index in [0.717, 1.165) is 12.0 Å². The van der Waals surface area contributed by atoms with Crippen molar-refractivity contribution in [3.8, 4) is 0 Å². The van der Waals surface area contributed by atoms with Crippen LogP contribution < -0.4 is 5.32 Å². The minimum Gasteiger partial charge on any atom is -0.459 e. The molecule has 0 aromatic heterocycles. The lowest BCUT2D eigenvalue weighted by Gasteiger charge is -2.29. The maximum atomic E-state index is 12.7. The molecular weight excluding hydrogens is 254 g/mol. The first-order chi connectivity index (χ1) is 9.31. The number of benzene rings is 1. The molecule has 0 unspecified atom stereocenters. The van der Waals surface area contributed by atoms with E-state index in [4.69, 9.17) is 4.74 Å². The van der Waals surface area contributed by atoms with Gasteiger partial charge in [-0.15, -0.1) is 0 Å². The van der Waals surface area contributed by atoms with Crippen LogP contribution in [0.1, 0.15) is 46.1 Å². The highest BCUT2D eigenvalue weighted by Gasteiger charge is 2.54. The van der Waals surface area contributed by atoms with Gasteiger partial charge in [-0.2, -0.15) is 0 Å². The molecule has 0 bridgehead atoms. The third kappa shape index (κ3) is 2.30. The first kappa shape index (κ1) is 14.6. The lowest BCUT2D eigenvalue weighted by Crippen LogP contribution is -2.46. The van der Waals surface area contributed by atoms with E-state index in [1.807, 2.05) is 52.0 Å². The smallest absolute Gasteiger partial charge is 0.326 e. The molecule has 1 aliphatic heterocycles. The van der Waals surface area contributed by atoms with Gasteiger partial charge in [-0.25, -0.2) is 0 Å². The van der Waals surface area contributed by atoms with Gasteiger partial charge in [0.2, 0.25) is 5.91 Å². The van der Waals surface area contributed by atoms with Crippen molar-refractivity contribution in [1.29, 1.82) is 0 Å². The normalized spacial score (nSPS) is 21.3. The molecule has 0 saturated carbocycles. The lowest BCUT2D eigenvalue weighted by atomic mass is 9.77. The molecule has 108 valence electrons. The van der Waals surface area contributed by atoms with Crippen LogP contribution in [0.4, 0.5) is 5.69 Å². The summed E-state index contributed by atoms with van der Waals surface area (Å²) in [4.78, 5) is 25.1. The fraction of sp³-hybridized carbons (Fsp3) is 0.500. The standard InChI is InChI=1S/C16H21NO3/c1-5-10-16(14(19)20-15(2,3)4)11-8-6-7-9-12(11)17-13(16)18/h6-9H,5,10H2,1-4H3,(H,17,18)/t16-/m0/s1. The van der Waals surface area contributed by atoms with E-state index in [-0.39, 0.29) is 5.91 Å². The molecule has 1 atom stereocenters. The Bertz CT molecular complexity index is 545. The Morgan fingerprint density at radius 1 is 1.30 bits per heavy atom. The predicted molar refractivity (Wildman–Crippen MR) is 77.5 cm³/mol. The second-order valence-electron chi connectivity index (χ2n) is 6.16. The molecule has 0 fully saturated rings. The monoisotopic (exact) mass is 275 g/mol. The number of hydrogen-bond acceptors (Lipinski definition) is 3. The van der Waals surface area contributed by atoms with E-state index in [0.29, 0.717) is 12.1 Å². The molecule has 2 rings (SSSR count). The van der Waals surface area contributed by atoms with Gasteiger partial charge in [-0.1, -0.05) is 31.5 Å². The number of rotatable bonds is 3. The summed E-state index contributed by atoms with van der Waals surface area (Å²) in [6.45, 7) is 7.39. The van der Waals surface area contributed by atoms with Gasteiger partial charge < -0.3 is 10.1 Å². The Labute approximate surface area is 119 Å². The summed E-state index contributed by atoms with van der Waals surface area (Å²) in [5.41, 5.74) is -0.397. The van der Waals surface area contributed by atoms with Crippen LogP contribution in [0.5, 0.6) is 0 Å². The molecule has 1 aromatic rings. The van der Waals surface area contributed by atoms with Crippen LogP contribution in [0.15, 0.2) is 24.3 Å². The fourth-order valence-corrected chi connectivity index (χ4v) is 2.61. The molecule has 4 nitrogen and oxygen atoms in total. The average molecular weight is 275 g/mol. The van der Waals surface area contributed by atoms with Crippen LogP contribution in [0, 0.1) is 0 Å². The number of carbonyl (C=O) groups is 2. The SMILES string of the molecule is CCC[C@@]1(C(=O)OC(C)(C)C)C(=O)Nc2ccccc21. The van der Waals surface area contributed by atoms with Crippen LogP contribution >= 0.6 is 0 Å². The molecule has 0 radical (unpaired) electrons. The van der Waals surface area contributed by atoms with E-state index in [9.17, 15) is 9.59 Å². The number of carbonyl (C=O) groups excluding carboxylic acids is 2. The Hall–Kier alpha value is -1.84. The van der Waals surface area contributed by atoms with E-state index in [2.05, 4.69) is 5.32 Å². The summed E-state index contributed by atoms with van der Waals surface area (Å²) in [7, 11) is 0. The van der Waals surface area contributed by atoms with Crippen LogP contribution in [-0.2, 0) is 19.7 Å². The second kappa shape index (κ2) is 4.93. The number of amides is 1. The van der Waals surface area contributed by atoms with E-state index in [1.54, 1.807) is 0 Å². The number of para-hydroxylation sites is 1. The first-order valence-corrected chi connectivity index (χ1v) is 6.95. The Morgan fingerprint density at radius 3 is 2.55 bits per heavy atom. The van der Waals surface area contributed by atoms with E-state index < -0.39 is 17.0 Å². The third-order valence-electron chi connectivity index (χ3n) is 3.40. The van der Waals surface area contributed by atoms with Crippen molar-refractivity contribution in [2.75, 3.05) is 5.32 Å². The van der Waals surface area contributed by atoms with Gasteiger partial charge in [0, 0.05) is 11.3 Å². The average Bonchev–Trinajstić information content (AvgIpc) is 2.62. The number of fused-ring (bicyclic) bond motifs is 1. The summed E-state index contributed by atoms with van der Waals surface area (Å²) < 4.78 is 5.51. The zero-order valence-electron chi connectivity index (χ0n) is 12.4. The number of ether oxygens (including phenoxy) is 1. The van der Waals surface area contributed by atoms with Gasteiger partial charge in [0.25, 0.3) is 0 Å². The van der Waals surface area contributed by atoms with Crippen molar-refractivity contribution >= 4 is 17.6 Å². The molecular formula is C16H21NO3. The molecule has 20 heavy (non-hydrogen) atoms. The topological polar surface area (TPSA) is 55.4 Å². The van der Waals surface area contributed by atoms with Crippen LogP contribution in [0.2, 0.25) is 0 Å². The summed E-state index contributed by atoms with van der Waals surface area (Å²) in [6.07, 6.45) is 1.17. The zero-order chi connectivity index (χ0) is 15.0. The maximum absolute atomic E-state index is 12.7. The maximum Gasteiger partial charge on any atom is 0.326 e. The van der Waals surface area contributed by atoms with Crippen molar-refractivity contribution in [1.82, 2.24) is 0 Å². The molecule has 1 aliphatic rings. The number of esters is 1. The van der Waals surface area contributed by atoms with Crippen molar-refractivity contribution in [2.24, 2.45) is 0 Å². The van der Waals surface area contributed by atoms with Gasteiger partial charge in [-0.05, 0) is 33.3 Å². The van der Waals surface area contributed by atoms with E-state index >= 15 is 0 Å². The molecule has 0 saturated heterocycles. The molecule has 0 aliphatic carbocycles. The van der Waals surface area contributed by atoms with Gasteiger partial charge >= 0.3 is 5.97 Å². The quantitative estimate of drug-likeness (QED) is 0.681. The van der Waals surface area contributed by atoms with Gasteiger partial charge in [0.1, 0.15) is 5.60 Å². The van der Waals surface area contributed by atoms with Crippen molar-refractivity contribution in [2.45, 2.75) is 51.6 Å². The van der Waals surface area contributed by atoms with Gasteiger partial charge in [0.05, 0.1) is 0 Å². The number of anilines is 1. The minimum atomic E-state index is -1.21. The van der Waals surface area contributed by atoms with Crippen molar-refractivity contribution < 1.29 is 14.3 Å². The molecule has 4 heteroatoms. The summed E-state index contributed by atoms with van der Waals surface area (Å²) in [6, 6.07) is 7.33. The van der Waals surface area contributed by atoms with Crippen LogP contribution in [-0.4, -0.2) is 17.5 Å². The second-order valence-corrected chi connectivity index (χ2v) is 6.16. The summed E-state index contributed by atoms with van der Waals surface area (Å²) in [5, 5.41) is 2.80. The minimum absolute atomic E-state index is 0.283. The highest BCUT2D eigenvalue weighted by atomic mass is 16.6. The molecule has 1 N–H and O–H groups in total.